The molecule has 0 amide bonds. The van der Waals surface area contributed by atoms with Crippen molar-refractivity contribution in [1.29, 1.82) is 0 Å². The average molecular weight is 837 g/mol. The monoisotopic (exact) mass is 837 g/mol. The lowest BCUT2D eigenvalue weighted by atomic mass is 9.99. The maximum Gasteiger partial charge on any atom is 0.469 e. The van der Waals surface area contributed by atoms with E-state index >= 15 is 0 Å². The lowest BCUT2D eigenvalue weighted by molar-refractivity contribution is -0.161. The zero-order chi connectivity index (χ0) is 42.8. The van der Waals surface area contributed by atoms with E-state index in [0.29, 0.717) is 25.7 Å². The smallest absolute Gasteiger partial charge is 0.462 e. The van der Waals surface area contributed by atoms with Crippen LogP contribution in [0.25, 0.3) is 0 Å². The van der Waals surface area contributed by atoms with Crippen molar-refractivity contribution in [2.45, 2.75) is 219 Å². The molecule has 0 aromatic carbocycles. The van der Waals surface area contributed by atoms with E-state index in [4.69, 9.17) is 19.3 Å². The summed E-state index contributed by atoms with van der Waals surface area (Å²) in [5, 5.41) is 0. The molecule has 1 unspecified atom stereocenters. The van der Waals surface area contributed by atoms with Gasteiger partial charge < -0.3 is 19.3 Å². The zero-order valence-corrected chi connectivity index (χ0v) is 38.0. The predicted molar refractivity (Wildman–Crippen MR) is 239 cm³/mol. The lowest BCUT2D eigenvalue weighted by Gasteiger charge is -2.18. The van der Waals surface area contributed by atoms with E-state index in [-0.39, 0.29) is 25.2 Å². The third-order valence-electron chi connectivity index (χ3n) is 10.4. The molecule has 0 aromatic rings. The minimum Gasteiger partial charge on any atom is -0.462 e. The molecule has 0 aliphatic heterocycles. The fourth-order valence-electron chi connectivity index (χ4n) is 6.47. The normalized spacial score (nSPS) is 13.3. The highest BCUT2D eigenvalue weighted by Gasteiger charge is 2.23. The summed E-state index contributed by atoms with van der Waals surface area (Å²) < 4.78 is 26.4. The van der Waals surface area contributed by atoms with Gasteiger partial charge in [0.05, 0.1) is 6.61 Å². The van der Waals surface area contributed by atoms with E-state index in [1.165, 1.54) is 103 Å². The maximum atomic E-state index is 12.4. The van der Waals surface area contributed by atoms with Crippen molar-refractivity contribution in [2.75, 3.05) is 13.2 Å². The number of rotatable bonds is 42. The second-order valence-electron chi connectivity index (χ2n) is 16.0. The molecular weight excluding hydrogens is 751 g/mol. The van der Waals surface area contributed by atoms with Gasteiger partial charge in [-0.15, -0.1) is 0 Å². The van der Waals surface area contributed by atoms with E-state index in [2.05, 4.69) is 37.4 Å². The Labute approximate surface area is 354 Å². The molecule has 58 heavy (non-hydrogen) atoms. The number of hydrogen-bond donors (Lipinski definition) is 2. The third kappa shape index (κ3) is 43.3. The topological polar surface area (TPSA) is 136 Å². The summed E-state index contributed by atoms with van der Waals surface area (Å²) in [5.74, 6) is 0.0821. The van der Waals surface area contributed by atoms with Crippen LogP contribution in [-0.2, 0) is 32.9 Å². The van der Waals surface area contributed by atoms with Gasteiger partial charge in [0.1, 0.15) is 6.61 Å². The fraction of sp³-hybridized carbons (Fsp3) is 0.771. The Bertz CT molecular complexity index is 1160. The number of allylic oxidation sites excluding steroid dienone is 8. The number of esters is 2. The van der Waals surface area contributed by atoms with E-state index in [1.54, 1.807) is 12.2 Å². The molecule has 2 atom stereocenters. The first-order valence-corrected chi connectivity index (χ1v) is 24.8. The molecule has 0 aliphatic rings. The van der Waals surface area contributed by atoms with Crippen LogP contribution >= 0.6 is 7.82 Å². The summed E-state index contributed by atoms with van der Waals surface area (Å²) in [7, 11) is -4.78. The molecule has 0 bridgehead atoms. The molecular formula is C48H85O9P. The highest BCUT2D eigenvalue weighted by atomic mass is 31.2. The van der Waals surface area contributed by atoms with Gasteiger partial charge in [-0.1, -0.05) is 198 Å². The second kappa shape index (κ2) is 41.4. The van der Waals surface area contributed by atoms with E-state index < -0.39 is 32.5 Å². The van der Waals surface area contributed by atoms with Crippen molar-refractivity contribution in [2.24, 2.45) is 5.92 Å². The molecule has 2 N–H and O–H groups in total. The summed E-state index contributed by atoms with van der Waals surface area (Å²) in [5.41, 5.74) is 0. The van der Waals surface area contributed by atoms with Gasteiger partial charge in [-0.2, -0.15) is 0 Å². The zero-order valence-electron chi connectivity index (χ0n) is 37.1. The molecule has 10 heteroatoms. The molecule has 0 radical (unpaired) electrons. The standard InChI is InChI=1S/C48H85O9P/c1-4-6-32-38-45(49)39-34-29-25-21-17-15-19-22-26-30-35-40-47(50)55-42-46(43-56-58(52,53)54)57-48(51)41-36-31-27-23-18-14-12-10-8-7-9-11-13-16-20-24-28-33-37-44(3)5-2/h15,17,22,25-26,29,34,39,44,46H,4-14,16,18-21,23-24,27-28,30-33,35-38,40-43H2,1-3H3,(H2,52,53,54)/b17-15-,26-22-,29-25-,39-34+/t44?,46-/m1/s1. The van der Waals surface area contributed by atoms with Crippen LogP contribution < -0.4 is 0 Å². The Morgan fingerprint density at radius 1 is 0.569 bits per heavy atom. The van der Waals surface area contributed by atoms with Gasteiger partial charge in [0.15, 0.2) is 11.9 Å². The quantitative estimate of drug-likeness (QED) is 0.0154. The number of ketones is 1. The molecule has 0 spiro atoms. The second-order valence-corrected chi connectivity index (χ2v) is 17.3. The molecule has 0 fully saturated rings. The van der Waals surface area contributed by atoms with Gasteiger partial charge in [0, 0.05) is 19.3 Å². The Morgan fingerprint density at radius 2 is 1.07 bits per heavy atom. The number of phosphoric ester groups is 1. The highest BCUT2D eigenvalue weighted by molar-refractivity contribution is 7.46. The van der Waals surface area contributed by atoms with Crippen LogP contribution in [-0.4, -0.2) is 46.8 Å². The van der Waals surface area contributed by atoms with E-state index in [0.717, 1.165) is 57.3 Å². The van der Waals surface area contributed by atoms with Crippen molar-refractivity contribution in [3.05, 3.63) is 48.6 Å². The molecule has 9 nitrogen and oxygen atoms in total. The maximum absolute atomic E-state index is 12.4. The van der Waals surface area contributed by atoms with Crippen molar-refractivity contribution in [3.8, 4) is 0 Å². The van der Waals surface area contributed by atoms with Gasteiger partial charge in [-0.3, -0.25) is 18.9 Å². The largest absolute Gasteiger partial charge is 0.469 e. The summed E-state index contributed by atoms with van der Waals surface area (Å²) in [6.07, 6.45) is 46.8. The minimum absolute atomic E-state index is 0.165. The number of phosphoric acid groups is 1. The average Bonchev–Trinajstić information content (AvgIpc) is 3.19. The van der Waals surface area contributed by atoms with Gasteiger partial charge >= 0.3 is 19.8 Å². The van der Waals surface area contributed by atoms with Crippen molar-refractivity contribution < 1.29 is 42.7 Å². The van der Waals surface area contributed by atoms with E-state index in [9.17, 15) is 18.9 Å². The van der Waals surface area contributed by atoms with E-state index in [1.807, 2.05) is 24.3 Å². The molecule has 336 valence electrons. The van der Waals surface area contributed by atoms with Gasteiger partial charge in [0.2, 0.25) is 0 Å². The van der Waals surface area contributed by atoms with Crippen LogP contribution in [0.15, 0.2) is 48.6 Å². The molecule has 0 saturated carbocycles. The number of carbonyl (C=O) groups excluding carboxylic acids is 3. The van der Waals surface area contributed by atoms with Gasteiger partial charge in [-0.05, 0) is 50.5 Å². The van der Waals surface area contributed by atoms with Gasteiger partial charge in [-0.25, -0.2) is 4.57 Å². The van der Waals surface area contributed by atoms with Crippen LogP contribution in [0.1, 0.15) is 213 Å². The Hall–Kier alpha value is -2.32. The summed E-state index contributed by atoms with van der Waals surface area (Å²) in [4.78, 5) is 54.6. The van der Waals surface area contributed by atoms with Crippen LogP contribution in [0, 0.1) is 5.92 Å². The first-order valence-electron chi connectivity index (χ1n) is 23.3. The van der Waals surface area contributed by atoms with Gasteiger partial charge in [0.25, 0.3) is 0 Å². The molecule has 0 heterocycles. The molecule has 0 aromatic heterocycles. The Kier molecular flexibility index (Phi) is 39.8. The van der Waals surface area contributed by atoms with Crippen molar-refractivity contribution >= 4 is 25.5 Å². The third-order valence-corrected chi connectivity index (χ3v) is 10.9. The Morgan fingerprint density at radius 3 is 1.62 bits per heavy atom. The number of hydrogen-bond acceptors (Lipinski definition) is 7. The first kappa shape index (κ1) is 55.7. The predicted octanol–water partition coefficient (Wildman–Crippen LogP) is 13.7. The summed E-state index contributed by atoms with van der Waals surface area (Å²) in [6, 6.07) is 0. The van der Waals surface area contributed by atoms with Crippen LogP contribution in [0.5, 0.6) is 0 Å². The molecule has 0 aliphatic carbocycles. The summed E-state index contributed by atoms with van der Waals surface area (Å²) >= 11 is 0. The summed E-state index contributed by atoms with van der Waals surface area (Å²) in [6.45, 7) is 5.88. The minimum atomic E-state index is -4.78. The first-order chi connectivity index (χ1) is 28.1. The number of ether oxygens (including phenoxy) is 2. The fourth-order valence-corrected chi connectivity index (χ4v) is 6.83. The molecule has 0 saturated heterocycles. The number of unbranched alkanes of at least 4 members (excludes halogenated alkanes) is 20. The highest BCUT2D eigenvalue weighted by Crippen LogP contribution is 2.36. The van der Waals surface area contributed by atoms with Crippen LogP contribution in [0.3, 0.4) is 0 Å². The van der Waals surface area contributed by atoms with Crippen LogP contribution in [0.4, 0.5) is 0 Å². The van der Waals surface area contributed by atoms with Crippen molar-refractivity contribution in [1.82, 2.24) is 0 Å². The Balaban J connectivity index is 3.96. The number of carbonyl (C=O) groups is 3. The molecule has 0 rings (SSSR count). The lowest BCUT2D eigenvalue weighted by Crippen LogP contribution is -2.29. The SMILES string of the molecule is CCCCCC(=O)/C=C/C=C\C/C=C\C/C=C\CCCC(=O)OC[C@H](COP(=O)(O)O)OC(=O)CCCCCCCCCCCCCCCCCCCCC(C)CC. The van der Waals surface area contributed by atoms with Crippen molar-refractivity contribution in [3.63, 3.8) is 0 Å². The van der Waals surface area contributed by atoms with Crippen LogP contribution in [0.2, 0.25) is 0 Å².